The maximum atomic E-state index is 12.6. The molecule has 0 radical (unpaired) electrons. The molecule has 29 heavy (non-hydrogen) atoms. The number of nitrogens with one attached hydrogen (secondary N) is 1. The molecule has 0 aromatic carbocycles. The Kier molecular flexibility index (Phi) is 6.39. The molecule has 6 heteroatoms. The van der Waals surface area contributed by atoms with Gasteiger partial charge in [0.25, 0.3) is 0 Å². The van der Waals surface area contributed by atoms with E-state index in [9.17, 15) is 4.79 Å². The number of likely N-dealkylation sites (tertiary alicyclic amines) is 1. The van der Waals surface area contributed by atoms with Crippen LogP contribution < -0.4 is 5.32 Å². The van der Waals surface area contributed by atoms with Crippen LogP contribution in [0, 0.1) is 6.92 Å². The summed E-state index contributed by atoms with van der Waals surface area (Å²) in [6.07, 6.45) is 7.66. The van der Waals surface area contributed by atoms with E-state index in [1.165, 1.54) is 6.42 Å². The van der Waals surface area contributed by atoms with Gasteiger partial charge in [-0.05, 0) is 62.8 Å². The van der Waals surface area contributed by atoms with Crippen LogP contribution in [0.25, 0.3) is 0 Å². The molecule has 6 nitrogen and oxygen atoms in total. The summed E-state index contributed by atoms with van der Waals surface area (Å²) in [7, 11) is 0. The van der Waals surface area contributed by atoms with Gasteiger partial charge >= 0.3 is 0 Å². The largest absolute Gasteiger partial charge is 0.378 e. The van der Waals surface area contributed by atoms with Crippen molar-refractivity contribution in [2.45, 2.75) is 57.5 Å². The number of carbonyl (C=O) groups is 1. The third-order valence-electron chi connectivity index (χ3n) is 5.97. The lowest BCUT2D eigenvalue weighted by Gasteiger charge is -2.33. The topological polar surface area (TPSA) is 67.4 Å². The van der Waals surface area contributed by atoms with Crippen molar-refractivity contribution in [3.05, 3.63) is 47.8 Å². The van der Waals surface area contributed by atoms with Crippen LogP contribution >= 0.6 is 0 Å². The zero-order valence-corrected chi connectivity index (χ0v) is 17.1. The molecular weight excluding hydrogens is 364 g/mol. The molecule has 0 aliphatic carbocycles. The van der Waals surface area contributed by atoms with Gasteiger partial charge in [-0.2, -0.15) is 0 Å². The zero-order chi connectivity index (χ0) is 20.1. The minimum absolute atomic E-state index is 0.119. The van der Waals surface area contributed by atoms with Gasteiger partial charge in [0.2, 0.25) is 5.91 Å². The molecule has 1 atom stereocenters. The highest BCUT2D eigenvalue weighted by Gasteiger charge is 2.27. The van der Waals surface area contributed by atoms with Gasteiger partial charge in [-0.3, -0.25) is 4.79 Å². The molecule has 0 saturated carbocycles. The van der Waals surface area contributed by atoms with Crippen LogP contribution in [0.5, 0.6) is 0 Å². The molecule has 2 aliphatic heterocycles. The van der Waals surface area contributed by atoms with Crippen molar-refractivity contribution >= 4 is 17.5 Å². The molecule has 2 aliphatic rings. The third-order valence-corrected chi connectivity index (χ3v) is 5.97. The maximum Gasteiger partial charge on any atom is 0.225 e. The number of aryl methyl sites for hydroxylation is 1. The highest BCUT2D eigenvalue weighted by Crippen LogP contribution is 2.29. The summed E-state index contributed by atoms with van der Waals surface area (Å²) in [6.45, 7) is 4.43. The molecule has 0 unspecified atom stereocenters. The summed E-state index contributed by atoms with van der Waals surface area (Å²) in [4.78, 5) is 23.8. The first-order chi connectivity index (χ1) is 14.2. The number of amides is 1. The SMILES string of the molecule is Cc1cccnc1Nc1cccc(C2CCN(C(=O)C[C@@H]3CCCCO3)CC2)n1. The number of nitrogens with zero attached hydrogens (tertiary/aromatic N) is 3. The van der Waals surface area contributed by atoms with Crippen molar-refractivity contribution in [2.24, 2.45) is 0 Å². The van der Waals surface area contributed by atoms with Crippen LogP contribution in [0.2, 0.25) is 0 Å². The standard InChI is InChI=1S/C23H30N4O2/c1-17-6-5-12-24-23(17)26-21-9-4-8-20(25-21)18-10-13-27(14-11-18)22(28)16-19-7-2-3-15-29-19/h4-6,8-9,12,18-19H,2-3,7,10-11,13-16H2,1H3,(H,24,25,26)/t19-/m0/s1. The number of rotatable bonds is 5. The fourth-order valence-corrected chi connectivity index (χ4v) is 4.20. The van der Waals surface area contributed by atoms with Crippen LogP contribution in [0.4, 0.5) is 11.6 Å². The number of aromatic nitrogens is 2. The molecular formula is C23H30N4O2. The highest BCUT2D eigenvalue weighted by molar-refractivity contribution is 5.76. The van der Waals surface area contributed by atoms with Crippen molar-refractivity contribution in [1.29, 1.82) is 0 Å². The normalized spacial score (nSPS) is 20.4. The lowest BCUT2D eigenvalue weighted by Crippen LogP contribution is -2.40. The second-order valence-electron chi connectivity index (χ2n) is 8.09. The number of ether oxygens (including phenoxy) is 1. The van der Waals surface area contributed by atoms with Gasteiger partial charge in [0.05, 0.1) is 12.5 Å². The predicted octanol–water partition coefficient (Wildman–Crippen LogP) is 4.19. The lowest BCUT2D eigenvalue weighted by molar-refractivity contribution is -0.136. The minimum atomic E-state index is 0.119. The average Bonchev–Trinajstić information content (AvgIpc) is 2.76. The summed E-state index contributed by atoms with van der Waals surface area (Å²) >= 11 is 0. The maximum absolute atomic E-state index is 12.6. The van der Waals surface area contributed by atoms with Gasteiger partial charge in [-0.15, -0.1) is 0 Å². The van der Waals surface area contributed by atoms with Crippen molar-refractivity contribution in [3.8, 4) is 0 Å². The van der Waals surface area contributed by atoms with Crippen molar-refractivity contribution < 1.29 is 9.53 Å². The Balaban J connectivity index is 1.32. The summed E-state index contributed by atoms with van der Waals surface area (Å²) < 4.78 is 5.73. The Morgan fingerprint density at radius 1 is 1.17 bits per heavy atom. The fraction of sp³-hybridized carbons (Fsp3) is 0.522. The Hall–Kier alpha value is -2.47. The van der Waals surface area contributed by atoms with E-state index in [4.69, 9.17) is 9.72 Å². The average molecular weight is 395 g/mol. The fourth-order valence-electron chi connectivity index (χ4n) is 4.20. The van der Waals surface area contributed by atoms with Gasteiger partial charge in [0, 0.05) is 37.5 Å². The van der Waals surface area contributed by atoms with Gasteiger partial charge in [0.15, 0.2) is 0 Å². The van der Waals surface area contributed by atoms with Gasteiger partial charge in [-0.25, -0.2) is 9.97 Å². The van der Waals surface area contributed by atoms with E-state index in [1.54, 1.807) is 6.20 Å². The highest BCUT2D eigenvalue weighted by atomic mass is 16.5. The molecule has 2 aromatic heterocycles. The number of hydrogen-bond acceptors (Lipinski definition) is 5. The van der Waals surface area contributed by atoms with Crippen LogP contribution in [0.3, 0.4) is 0 Å². The second kappa shape index (κ2) is 9.35. The summed E-state index contributed by atoms with van der Waals surface area (Å²) in [5, 5.41) is 3.32. The van der Waals surface area contributed by atoms with E-state index < -0.39 is 0 Å². The van der Waals surface area contributed by atoms with Crippen molar-refractivity contribution in [3.63, 3.8) is 0 Å². The first-order valence-corrected chi connectivity index (χ1v) is 10.7. The van der Waals surface area contributed by atoms with Gasteiger partial charge < -0.3 is 15.0 Å². The molecule has 4 rings (SSSR count). The number of piperidine rings is 1. The van der Waals surface area contributed by atoms with E-state index >= 15 is 0 Å². The van der Waals surface area contributed by atoms with E-state index in [1.807, 2.05) is 36.1 Å². The monoisotopic (exact) mass is 394 g/mol. The smallest absolute Gasteiger partial charge is 0.225 e. The van der Waals surface area contributed by atoms with Crippen LogP contribution in [0.1, 0.15) is 55.7 Å². The Morgan fingerprint density at radius 2 is 2.03 bits per heavy atom. The first-order valence-electron chi connectivity index (χ1n) is 10.7. The molecule has 4 heterocycles. The van der Waals surface area contributed by atoms with Crippen molar-refractivity contribution in [1.82, 2.24) is 14.9 Å². The van der Waals surface area contributed by atoms with Crippen molar-refractivity contribution in [2.75, 3.05) is 25.0 Å². The quantitative estimate of drug-likeness (QED) is 0.823. The molecule has 2 aromatic rings. The Morgan fingerprint density at radius 3 is 2.79 bits per heavy atom. The zero-order valence-electron chi connectivity index (χ0n) is 17.1. The summed E-state index contributed by atoms with van der Waals surface area (Å²) in [5.41, 5.74) is 2.18. The molecule has 2 fully saturated rings. The Labute approximate surface area is 172 Å². The Bertz CT molecular complexity index is 827. The van der Waals surface area contributed by atoms with Crippen LogP contribution in [-0.4, -0.2) is 46.6 Å². The third kappa shape index (κ3) is 5.12. The van der Waals surface area contributed by atoms with Crippen LogP contribution in [0.15, 0.2) is 36.5 Å². The lowest BCUT2D eigenvalue weighted by atomic mass is 9.92. The molecule has 0 bridgehead atoms. The van der Waals surface area contributed by atoms with E-state index in [-0.39, 0.29) is 12.0 Å². The van der Waals surface area contributed by atoms with Gasteiger partial charge in [-0.1, -0.05) is 12.1 Å². The minimum Gasteiger partial charge on any atom is -0.378 e. The van der Waals surface area contributed by atoms with E-state index in [2.05, 4.69) is 16.4 Å². The number of pyridine rings is 2. The van der Waals surface area contributed by atoms with E-state index in [0.29, 0.717) is 12.3 Å². The van der Waals surface area contributed by atoms with Crippen LogP contribution in [-0.2, 0) is 9.53 Å². The summed E-state index contributed by atoms with van der Waals surface area (Å²) in [6, 6.07) is 10.1. The molecule has 1 amide bonds. The second-order valence-corrected chi connectivity index (χ2v) is 8.09. The van der Waals surface area contributed by atoms with Gasteiger partial charge in [0.1, 0.15) is 11.6 Å². The molecule has 154 valence electrons. The van der Waals surface area contributed by atoms with E-state index in [0.717, 1.165) is 68.3 Å². The summed E-state index contributed by atoms with van der Waals surface area (Å²) in [5.74, 6) is 2.28. The number of anilines is 2. The first kappa shape index (κ1) is 19.8. The molecule has 0 spiro atoms. The molecule has 2 saturated heterocycles. The predicted molar refractivity (Wildman–Crippen MR) is 113 cm³/mol. The molecule has 1 N–H and O–H groups in total. The number of carbonyl (C=O) groups excluding carboxylic acids is 1. The number of hydrogen-bond donors (Lipinski definition) is 1.